The first kappa shape index (κ1) is 17.3. The molecular weight excluding hydrogens is 430 g/mol. The van der Waals surface area contributed by atoms with Crippen LogP contribution in [0.1, 0.15) is 32.2 Å². The molecule has 0 spiro atoms. The zero-order valence-corrected chi connectivity index (χ0v) is 15.5. The second-order valence-corrected chi connectivity index (χ2v) is 7.67. The van der Waals surface area contributed by atoms with Crippen molar-refractivity contribution in [3.63, 3.8) is 0 Å². The first-order chi connectivity index (χ1) is 11.1. The Morgan fingerprint density at radius 3 is 2.21 bits per heavy atom. The van der Waals surface area contributed by atoms with Gasteiger partial charge in [-0.2, -0.15) is 13.2 Å². The second kappa shape index (κ2) is 5.75. The number of alkyl halides is 3. The minimum atomic E-state index is -4.51. The van der Waals surface area contributed by atoms with Gasteiger partial charge in [-0.1, -0.05) is 51.1 Å². The van der Waals surface area contributed by atoms with Crippen LogP contribution in [0.4, 0.5) is 13.2 Å². The number of pyridine rings is 1. The molecule has 2 heterocycles. The molecule has 0 aliphatic rings. The molecule has 0 saturated heterocycles. The van der Waals surface area contributed by atoms with Gasteiger partial charge in [0.2, 0.25) is 0 Å². The lowest BCUT2D eigenvalue weighted by atomic mass is 9.89. The minimum absolute atomic E-state index is 0.213. The Balaban J connectivity index is 2.37. The Morgan fingerprint density at radius 1 is 1.04 bits per heavy atom. The highest BCUT2D eigenvalue weighted by molar-refractivity contribution is 14.1. The Hall–Kier alpha value is -1.57. The number of rotatable bonds is 1. The number of hydrogen-bond acceptors (Lipinski definition) is 2. The van der Waals surface area contributed by atoms with E-state index in [1.807, 2.05) is 51.1 Å². The van der Waals surface area contributed by atoms with Gasteiger partial charge < -0.3 is 4.42 Å². The maximum atomic E-state index is 13.2. The summed E-state index contributed by atoms with van der Waals surface area (Å²) in [7, 11) is 0. The molecular formula is C18H15F3INO. The van der Waals surface area contributed by atoms with Crippen molar-refractivity contribution >= 4 is 33.6 Å². The fourth-order valence-corrected chi connectivity index (χ4v) is 3.49. The zero-order valence-electron chi connectivity index (χ0n) is 13.3. The predicted molar refractivity (Wildman–Crippen MR) is 95.9 cm³/mol. The Morgan fingerprint density at radius 2 is 1.67 bits per heavy atom. The van der Waals surface area contributed by atoms with Crippen LogP contribution in [0.25, 0.3) is 22.3 Å². The normalized spacial score (nSPS) is 12.8. The van der Waals surface area contributed by atoms with Crippen LogP contribution in [0.5, 0.6) is 0 Å². The van der Waals surface area contributed by atoms with Crippen molar-refractivity contribution in [1.82, 2.24) is 4.98 Å². The van der Waals surface area contributed by atoms with Gasteiger partial charge in [-0.3, -0.25) is 0 Å². The van der Waals surface area contributed by atoms with Gasteiger partial charge in [-0.05, 0) is 22.6 Å². The van der Waals surface area contributed by atoms with Crippen LogP contribution in [-0.2, 0) is 11.6 Å². The van der Waals surface area contributed by atoms with Crippen LogP contribution in [0.3, 0.4) is 0 Å². The quantitative estimate of drug-likeness (QED) is 0.405. The molecule has 0 radical (unpaired) electrons. The van der Waals surface area contributed by atoms with Crippen molar-refractivity contribution in [3.8, 4) is 11.3 Å². The lowest BCUT2D eigenvalue weighted by molar-refractivity contribution is -0.141. The fraction of sp³-hybridized carbons (Fsp3) is 0.278. The highest BCUT2D eigenvalue weighted by Gasteiger charge is 2.36. The fourth-order valence-electron chi connectivity index (χ4n) is 2.55. The number of fused-ring (bicyclic) bond motifs is 1. The second-order valence-electron chi connectivity index (χ2n) is 6.59. The number of aromatic nitrogens is 1. The molecule has 0 aliphatic carbocycles. The lowest BCUT2D eigenvalue weighted by Gasteiger charge is -2.20. The molecule has 3 aromatic rings. The average Bonchev–Trinajstić information content (AvgIpc) is 2.83. The van der Waals surface area contributed by atoms with Gasteiger partial charge in [0.25, 0.3) is 0 Å². The lowest BCUT2D eigenvalue weighted by Crippen LogP contribution is -2.18. The molecule has 0 aliphatic heterocycles. The number of nitrogens with zero attached hydrogens (tertiary/aromatic N) is 1. The number of benzene rings is 1. The van der Waals surface area contributed by atoms with E-state index in [1.165, 1.54) is 0 Å². The van der Waals surface area contributed by atoms with Gasteiger partial charge in [0.05, 0.1) is 14.7 Å². The molecule has 0 atom stereocenters. The molecule has 0 bridgehead atoms. The summed E-state index contributed by atoms with van der Waals surface area (Å²) in [5, 5.41) is 0.648. The van der Waals surface area contributed by atoms with Crippen molar-refractivity contribution in [2.24, 2.45) is 0 Å². The smallest absolute Gasteiger partial charge is 0.433 e. The van der Waals surface area contributed by atoms with Gasteiger partial charge in [-0.25, -0.2) is 4.98 Å². The molecule has 0 fully saturated rings. The van der Waals surface area contributed by atoms with Gasteiger partial charge in [0.15, 0.2) is 0 Å². The number of halogens is 4. The molecule has 3 rings (SSSR count). The zero-order chi connectivity index (χ0) is 17.7. The van der Waals surface area contributed by atoms with E-state index in [0.29, 0.717) is 16.8 Å². The van der Waals surface area contributed by atoms with E-state index < -0.39 is 17.3 Å². The van der Waals surface area contributed by atoms with Gasteiger partial charge in [-0.15, -0.1) is 0 Å². The van der Waals surface area contributed by atoms with Crippen LogP contribution in [0, 0.1) is 3.57 Å². The van der Waals surface area contributed by atoms with Crippen molar-refractivity contribution < 1.29 is 17.6 Å². The van der Waals surface area contributed by atoms with E-state index in [1.54, 1.807) is 0 Å². The van der Waals surface area contributed by atoms with Gasteiger partial charge in [0, 0.05) is 17.0 Å². The molecule has 24 heavy (non-hydrogen) atoms. The van der Waals surface area contributed by atoms with E-state index >= 15 is 0 Å². The summed E-state index contributed by atoms with van der Waals surface area (Å²) in [6.45, 7) is 5.54. The van der Waals surface area contributed by atoms with Crippen LogP contribution in [0.2, 0.25) is 0 Å². The summed E-state index contributed by atoms with van der Waals surface area (Å²) in [6.07, 6.45) is -4.51. The van der Waals surface area contributed by atoms with E-state index in [0.717, 1.165) is 15.2 Å². The molecule has 0 amide bonds. The van der Waals surface area contributed by atoms with E-state index in [9.17, 15) is 13.2 Å². The van der Waals surface area contributed by atoms with Gasteiger partial charge in [0.1, 0.15) is 17.0 Å². The van der Waals surface area contributed by atoms with E-state index in [-0.39, 0.29) is 5.58 Å². The average molecular weight is 445 g/mol. The third kappa shape index (κ3) is 3.03. The van der Waals surface area contributed by atoms with E-state index in [4.69, 9.17) is 4.42 Å². The molecule has 1 aromatic carbocycles. The maximum absolute atomic E-state index is 13.2. The maximum Gasteiger partial charge on any atom is 0.433 e. The summed E-state index contributed by atoms with van der Waals surface area (Å²) in [6, 6.07) is 10.3. The topological polar surface area (TPSA) is 26.0 Å². The third-order valence-corrected chi connectivity index (χ3v) is 4.68. The van der Waals surface area contributed by atoms with E-state index in [2.05, 4.69) is 27.6 Å². The van der Waals surface area contributed by atoms with Crippen molar-refractivity contribution in [2.75, 3.05) is 0 Å². The van der Waals surface area contributed by atoms with Crippen LogP contribution >= 0.6 is 22.6 Å². The molecule has 126 valence electrons. The standard InChI is InChI=1S/C18H15F3INO/c1-17(2,3)16-13-11(9-12(23-16)18(19,20)21)24-15(14(13)22)10-7-5-4-6-8-10/h4-9H,1-3H3. The Kier molecular flexibility index (Phi) is 4.14. The molecule has 2 aromatic heterocycles. The summed E-state index contributed by atoms with van der Waals surface area (Å²) >= 11 is 2.12. The monoisotopic (exact) mass is 445 g/mol. The molecule has 6 heteroatoms. The number of furan rings is 1. The first-order valence-electron chi connectivity index (χ1n) is 7.35. The summed E-state index contributed by atoms with van der Waals surface area (Å²) < 4.78 is 46.2. The summed E-state index contributed by atoms with van der Waals surface area (Å²) in [4.78, 5) is 3.92. The van der Waals surface area contributed by atoms with Crippen LogP contribution in [-0.4, -0.2) is 4.98 Å². The van der Waals surface area contributed by atoms with Crippen LogP contribution in [0.15, 0.2) is 40.8 Å². The molecule has 2 nitrogen and oxygen atoms in total. The summed E-state index contributed by atoms with van der Waals surface area (Å²) in [5.41, 5.74) is -0.0403. The van der Waals surface area contributed by atoms with Crippen LogP contribution < -0.4 is 0 Å². The number of hydrogen-bond donors (Lipinski definition) is 0. The Labute approximate surface area is 151 Å². The summed E-state index contributed by atoms with van der Waals surface area (Å²) in [5.74, 6) is 0.567. The molecule has 0 saturated carbocycles. The third-order valence-electron chi connectivity index (χ3n) is 3.65. The Bertz CT molecular complexity index is 892. The SMILES string of the molecule is CC(C)(C)c1nc(C(F)(F)F)cc2oc(-c3ccccc3)c(I)c12. The highest BCUT2D eigenvalue weighted by Crippen LogP contribution is 2.41. The minimum Gasteiger partial charge on any atom is -0.455 e. The van der Waals surface area contributed by atoms with Crippen molar-refractivity contribution in [2.45, 2.75) is 32.4 Å². The van der Waals surface area contributed by atoms with Crippen molar-refractivity contribution in [1.29, 1.82) is 0 Å². The highest BCUT2D eigenvalue weighted by atomic mass is 127. The predicted octanol–water partition coefficient (Wildman–Crippen LogP) is 6.42. The molecule has 0 N–H and O–H groups in total. The van der Waals surface area contributed by atoms with Crippen molar-refractivity contribution in [3.05, 3.63) is 51.4 Å². The first-order valence-corrected chi connectivity index (χ1v) is 8.43. The van der Waals surface area contributed by atoms with Gasteiger partial charge >= 0.3 is 6.18 Å². The molecule has 0 unspecified atom stereocenters. The largest absolute Gasteiger partial charge is 0.455 e.